The lowest BCUT2D eigenvalue weighted by molar-refractivity contribution is 1.09. The minimum atomic E-state index is -1.61. The summed E-state index contributed by atoms with van der Waals surface area (Å²) in [6.45, 7) is 4.25. The van der Waals surface area contributed by atoms with Crippen molar-refractivity contribution in [2.45, 2.75) is 23.5 Å². The fraction of sp³-hybridized carbons (Fsp3) is 1.00. The minimum absolute atomic E-state index is 1.25. The van der Waals surface area contributed by atoms with Crippen LogP contribution in [-0.2, 0) is 0 Å². The molecule has 0 bridgehead atoms. The highest BCUT2D eigenvalue weighted by Gasteiger charge is 2.11. The molecule has 8 heavy (non-hydrogen) atoms. The summed E-state index contributed by atoms with van der Waals surface area (Å²) >= 11 is 19.3. The van der Waals surface area contributed by atoms with Crippen LogP contribution in [-0.4, -0.2) is 3.25 Å². The summed E-state index contributed by atoms with van der Waals surface area (Å²) in [5.41, 5.74) is 0. The Labute approximate surface area is 70.1 Å². The first-order valence-corrected chi connectivity index (χ1v) is 3.68. The van der Waals surface area contributed by atoms with Crippen LogP contribution in [0.4, 0.5) is 0 Å². The van der Waals surface area contributed by atoms with E-state index in [1.54, 1.807) is 0 Å². The lowest BCUT2D eigenvalue weighted by atomic mass is 10.6. The van der Waals surface area contributed by atoms with Crippen LogP contribution in [0.3, 0.4) is 0 Å². The van der Waals surface area contributed by atoms with Gasteiger partial charge < -0.3 is 0 Å². The molecule has 0 N–H and O–H groups in total. The Morgan fingerprint density at radius 1 is 1.00 bits per heavy atom. The Bertz CT molecular complexity index is 31.8. The molecule has 0 amide bonds. The summed E-state index contributed by atoms with van der Waals surface area (Å²) in [5.74, 6) is 0. The molecule has 0 saturated carbocycles. The molecule has 0 unspecified atom stereocenters. The quantitative estimate of drug-likeness (QED) is 0.516. The number of hydrogen-bond donors (Lipinski definition) is 0. The summed E-state index contributed by atoms with van der Waals surface area (Å²) in [6, 6.07) is 0. The molecule has 52 valence electrons. The van der Waals surface area contributed by atoms with Crippen molar-refractivity contribution in [3.63, 3.8) is 0 Å². The largest absolute Gasteiger partial charge is 0.266 e. The van der Waals surface area contributed by atoms with Crippen molar-refractivity contribution in [2.75, 3.05) is 0 Å². The minimum Gasteiger partial charge on any atom is -0.0664 e. The Hall–Kier alpha value is 1.16. The van der Waals surface area contributed by atoms with E-state index in [0.29, 0.717) is 0 Å². The van der Waals surface area contributed by atoms with E-state index in [9.17, 15) is 0 Å². The van der Waals surface area contributed by atoms with Crippen LogP contribution in [0.2, 0.25) is 0 Å². The van der Waals surface area contributed by atoms with E-state index in [4.69, 9.17) is 46.4 Å². The molecule has 0 aromatic rings. The maximum atomic E-state index is 4.83. The molecule has 4 heteroatoms. The maximum absolute atomic E-state index is 4.83. The number of halogens is 4. The molecule has 0 aliphatic carbocycles. The summed E-state index contributed by atoms with van der Waals surface area (Å²) in [6.07, 6.45) is 1.25. The zero-order chi connectivity index (χ0) is 7.21. The highest BCUT2D eigenvalue weighted by atomic mass is 35.6. The normalized spacial score (nSPS) is 9.75. The third-order valence-corrected chi connectivity index (χ3v) is 0. The van der Waals surface area contributed by atoms with Gasteiger partial charge >= 0.3 is 0 Å². The predicted molar refractivity (Wildman–Crippen MR) is 42.1 cm³/mol. The zero-order valence-corrected chi connectivity index (χ0v) is 7.74. The van der Waals surface area contributed by atoms with E-state index in [2.05, 4.69) is 13.8 Å². The Kier molecular flexibility index (Phi) is 9.34. The second-order valence-electron chi connectivity index (χ2n) is 1.14. The highest BCUT2D eigenvalue weighted by molar-refractivity contribution is 6.83. The summed E-state index contributed by atoms with van der Waals surface area (Å²) in [4.78, 5) is 0. The van der Waals surface area contributed by atoms with Crippen LogP contribution in [0, 0.1) is 0 Å². The molecule has 0 nitrogen and oxygen atoms in total. The van der Waals surface area contributed by atoms with Gasteiger partial charge in [-0.2, -0.15) is 0 Å². The van der Waals surface area contributed by atoms with E-state index in [-0.39, 0.29) is 0 Å². The van der Waals surface area contributed by atoms with E-state index in [1.807, 2.05) is 0 Å². The van der Waals surface area contributed by atoms with Gasteiger partial charge in [0.1, 0.15) is 0 Å². The third-order valence-electron chi connectivity index (χ3n) is 0. The van der Waals surface area contributed by atoms with Crippen LogP contribution < -0.4 is 0 Å². The van der Waals surface area contributed by atoms with Crippen molar-refractivity contribution >= 4 is 46.4 Å². The van der Waals surface area contributed by atoms with E-state index < -0.39 is 3.25 Å². The van der Waals surface area contributed by atoms with Gasteiger partial charge in [-0.05, 0) is 0 Å². The smallest absolute Gasteiger partial charge is 0.0664 e. The lowest BCUT2D eigenvalue weighted by Crippen LogP contribution is -1.81. The van der Waals surface area contributed by atoms with Gasteiger partial charge in [-0.3, -0.25) is 0 Å². The summed E-state index contributed by atoms with van der Waals surface area (Å²) in [7, 11) is 0. The molecule has 0 aliphatic heterocycles. The van der Waals surface area contributed by atoms with E-state index in [0.717, 1.165) is 0 Å². The molecule has 0 aromatic carbocycles. The first-order valence-electron chi connectivity index (χ1n) is 2.17. The predicted octanol–water partition coefficient (Wildman–Crippen LogP) is 3.97. The van der Waals surface area contributed by atoms with Gasteiger partial charge in [0, 0.05) is 0 Å². The van der Waals surface area contributed by atoms with Crippen molar-refractivity contribution < 1.29 is 0 Å². The van der Waals surface area contributed by atoms with E-state index in [1.165, 1.54) is 6.42 Å². The molecule has 0 radical (unpaired) electrons. The Balaban J connectivity index is 0. The maximum Gasteiger partial charge on any atom is 0.266 e. The van der Waals surface area contributed by atoms with Crippen molar-refractivity contribution in [3.05, 3.63) is 0 Å². The SMILES string of the molecule is CCC.ClC(Cl)(Cl)Cl. The van der Waals surface area contributed by atoms with Gasteiger partial charge in [-0.1, -0.05) is 66.7 Å². The van der Waals surface area contributed by atoms with Crippen LogP contribution in [0.15, 0.2) is 0 Å². The lowest BCUT2D eigenvalue weighted by Gasteiger charge is -1.91. The van der Waals surface area contributed by atoms with Crippen LogP contribution >= 0.6 is 46.4 Å². The molecular formula is C4H8Cl4. The van der Waals surface area contributed by atoms with Crippen molar-refractivity contribution in [1.29, 1.82) is 0 Å². The number of rotatable bonds is 0. The second-order valence-corrected chi connectivity index (χ2v) is 4.56. The fourth-order valence-corrected chi connectivity index (χ4v) is 0. The van der Waals surface area contributed by atoms with Crippen LogP contribution in [0.5, 0.6) is 0 Å². The van der Waals surface area contributed by atoms with Gasteiger partial charge in [-0.15, -0.1) is 0 Å². The molecule has 0 spiro atoms. The van der Waals surface area contributed by atoms with Crippen LogP contribution in [0.25, 0.3) is 0 Å². The van der Waals surface area contributed by atoms with Gasteiger partial charge in [-0.25, -0.2) is 0 Å². The first-order chi connectivity index (χ1) is 3.41. The molecule has 0 fully saturated rings. The topological polar surface area (TPSA) is 0 Å². The Morgan fingerprint density at radius 2 is 1.00 bits per heavy atom. The standard InChI is InChI=1S/C3H8.CCl4/c1-3-2;2-1(3,4)5/h3H2,1-2H3;. The molecule has 0 rings (SSSR count). The Morgan fingerprint density at radius 3 is 1.00 bits per heavy atom. The van der Waals surface area contributed by atoms with Gasteiger partial charge in [0.05, 0.1) is 0 Å². The first kappa shape index (κ1) is 11.9. The number of hydrogen-bond acceptors (Lipinski definition) is 0. The molecule has 0 heterocycles. The molecule has 0 saturated heterocycles. The van der Waals surface area contributed by atoms with Gasteiger partial charge in [0.25, 0.3) is 3.25 Å². The van der Waals surface area contributed by atoms with E-state index >= 15 is 0 Å². The average Bonchev–Trinajstić information content (AvgIpc) is 1.27. The fourth-order valence-electron chi connectivity index (χ4n) is 0. The van der Waals surface area contributed by atoms with Crippen molar-refractivity contribution in [1.82, 2.24) is 0 Å². The molecule has 0 aromatic heterocycles. The summed E-state index contributed by atoms with van der Waals surface area (Å²) < 4.78 is -1.61. The third kappa shape index (κ3) is 202. The monoisotopic (exact) mass is 196 g/mol. The molecule has 0 aliphatic rings. The molecular weight excluding hydrogens is 190 g/mol. The van der Waals surface area contributed by atoms with Crippen molar-refractivity contribution in [2.24, 2.45) is 0 Å². The molecule has 0 atom stereocenters. The van der Waals surface area contributed by atoms with Crippen molar-refractivity contribution in [3.8, 4) is 0 Å². The van der Waals surface area contributed by atoms with Gasteiger partial charge in [0.15, 0.2) is 0 Å². The second kappa shape index (κ2) is 6.28. The number of alkyl halides is 4. The highest BCUT2D eigenvalue weighted by Crippen LogP contribution is 2.29. The summed E-state index contributed by atoms with van der Waals surface area (Å²) in [5, 5.41) is 0. The van der Waals surface area contributed by atoms with Gasteiger partial charge in [0.2, 0.25) is 0 Å². The van der Waals surface area contributed by atoms with Crippen LogP contribution in [0.1, 0.15) is 20.3 Å². The average molecular weight is 198 g/mol. The zero-order valence-electron chi connectivity index (χ0n) is 4.72.